The highest BCUT2D eigenvalue weighted by atomic mass is 32.2. The van der Waals surface area contributed by atoms with Gasteiger partial charge in [-0.05, 0) is 0 Å². The van der Waals surface area contributed by atoms with Gasteiger partial charge in [-0.3, -0.25) is 5.10 Å². The van der Waals surface area contributed by atoms with Crippen LogP contribution in [0.1, 0.15) is 0 Å². The molecule has 0 bridgehead atoms. The van der Waals surface area contributed by atoms with Gasteiger partial charge in [0.1, 0.15) is 5.82 Å². The molecule has 0 aromatic carbocycles. The van der Waals surface area contributed by atoms with E-state index in [4.69, 9.17) is 5.73 Å². The van der Waals surface area contributed by atoms with Gasteiger partial charge in [0.15, 0.2) is 0 Å². The van der Waals surface area contributed by atoms with Crippen molar-refractivity contribution in [2.45, 2.75) is 0 Å². The minimum absolute atomic E-state index is 0.682. The highest BCUT2D eigenvalue weighted by molar-refractivity contribution is 7.99. The lowest BCUT2D eigenvalue weighted by atomic mass is 10.4. The molecule has 1 aliphatic heterocycles. The first-order chi connectivity index (χ1) is 5.88. The molecule has 12 heavy (non-hydrogen) atoms. The molecule has 0 radical (unpaired) electrons. The van der Waals surface area contributed by atoms with Crippen LogP contribution in [0.15, 0.2) is 6.20 Å². The number of nitrogens with one attached hydrogen (secondary N) is 1. The second kappa shape index (κ2) is 3.26. The van der Waals surface area contributed by atoms with Crippen molar-refractivity contribution in [3.63, 3.8) is 0 Å². The number of nitrogen functional groups attached to an aromatic ring is 1. The fraction of sp³-hybridized carbons (Fsp3) is 0.571. The maximum Gasteiger partial charge on any atom is 0.142 e. The Morgan fingerprint density at radius 2 is 2.25 bits per heavy atom. The molecule has 1 aromatic heterocycles. The molecule has 66 valence electrons. The van der Waals surface area contributed by atoms with E-state index in [0.29, 0.717) is 5.82 Å². The van der Waals surface area contributed by atoms with Crippen LogP contribution in [0.2, 0.25) is 0 Å². The molecule has 0 amide bonds. The minimum Gasteiger partial charge on any atom is -0.382 e. The molecule has 2 rings (SSSR count). The van der Waals surface area contributed by atoms with Crippen molar-refractivity contribution in [3.8, 4) is 0 Å². The second-order valence-electron chi connectivity index (χ2n) is 2.77. The number of rotatable bonds is 1. The number of hydrogen-bond donors (Lipinski definition) is 2. The van der Waals surface area contributed by atoms with Crippen LogP contribution in [-0.4, -0.2) is 34.8 Å². The van der Waals surface area contributed by atoms with E-state index in [1.165, 1.54) is 11.5 Å². The molecule has 1 saturated heterocycles. The molecule has 0 unspecified atom stereocenters. The van der Waals surface area contributed by atoms with Crippen molar-refractivity contribution in [3.05, 3.63) is 6.20 Å². The van der Waals surface area contributed by atoms with Gasteiger partial charge in [-0.2, -0.15) is 16.9 Å². The van der Waals surface area contributed by atoms with Crippen LogP contribution in [0.5, 0.6) is 0 Å². The van der Waals surface area contributed by atoms with Gasteiger partial charge in [0, 0.05) is 24.6 Å². The molecule has 2 heterocycles. The largest absolute Gasteiger partial charge is 0.382 e. The van der Waals surface area contributed by atoms with Crippen molar-refractivity contribution in [2.75, 3.05) is 35.2 Å². The third-order valence-corrected chi connectivity index (χ3v) is 2.94. The Morgan fingerprint density at radius 1 is 1.50 bits per heavy atom. The van der Waals surface area contributed by atoms with E-state index in [9.17, 15) is 0 Å². The third-order valence-electron chi connectivity index (χ3n) is 2.00. The predicted molar refractivity (Wildman–Crippen MR) is 52.5 cm³/mol. The summed E-state index contributed by atoms with van der Waals surface area (Å²) in [5, 5.41) is 6.64. The lowest BCUT2D eigenvalue weighted by Crippen LogP contribution is -2.32. The molecular formula is C7H12N4S. The Balaban J connectivity index is 2.13. The van der Waals surface area contributed by atoms with E-state index >= 15 is 0 Å². The Bertz CT molecular complexity index is 254. The first-order valence-electron chi connectivity index (χ1n) is 3.99. The maximum atomic E-state index is 5.70. The fourth-order valence-electron chi connectivity index (χ4n) is 1.35. The summed E-state index contributed by atoms with van der Waals surface area (Å²) in [7, 11) is 0. The number of nitrogens with two attached hydrogens (primary N) is 1. The number of hydrogen-bond acceptors (Lipinski definition) is 4. The summed E-state index contributed by atoms with van der Waals surface area (Å²) in [5.41, 5.74) is 6.76. The monoisotopic (exact) mass is 184 g/mol. The zero-order valence-electron chi connectivity index (χ0n) is 6.79. The highest BCUT2D eigenvalue weighted by Gasteiger charge is 2.14. The molecule has 0 spiro atoms. The zero-order chi connectivity index (χ0) is 8.39. The van der Waals surface area contributed by atoms with Crippen molar-refractivity contribution in [1.82, 2.24) is 10.2 Å². The average Bonchev–Trinajstić information content (AvgIpc) is 2.53. The first-order valence-corrected chi connectivity index (χ1v) is 5.15. The summed E-state index contributed by atoms with van der Waals surface area (Å²) >= 11 is 1.99. The fourth-order valence-corrected chi connectivity index (χ4v) is 2.25. The molecule has 1 fully saturated rings. The molecule has 5 heteroatoms. The number of nitrogens with zero attached hydrogens (tertiary/aromatic N) is 2. The standard InChI is InChI=1S/C7H12N4S/c8-7-6(5-9-10-7)11-1-3-12-4-2-11/h5H,1-4H2,(H3,8,9,10). The van der Waals surface area contributed by atoms with E-state index < -0.39 is 0 Å². The van der Waals surface area contributed by atoms with E-state index in [-0.39, 0.29) is 0 Å². The molecule has 1 aliphatic rings. The molecule has 0 saturated carbocycles. The Morgan fingerprint density at radius 3 is 2.83 bits per heavy atom. The van der Waals surface area contributed by atoms with Crippen LogP contribution in [0.3, 0.4) is 0 Å². The normalized spacial score (nSPS) is 18.2. The first kappa shape index (κ1) is 7.79. The van der Waals surface area contributed by atoms with Gasteiger partial charge in [-0.1, -0.05) is 0 Å². The molecule has 4 nitrogen and oxygen atoms in total. The van der Waals surface area contributed by atoms with Crippen LogP contribution in [-0.2, 0) is 0 Å². The van der Waals surface area contributed by atoms with E-state index in [0.717, 1.165) is 18.8 Å². The summed E-state index contributed by atoms with van der Waals surface area (Å²) in [6.45, 7) is 2.16. The second-order valence-corrected chi connectivity index (χ2v) is 3.99. The van der Waals surface area contributed by atoms with Crippen molar-refractivity contribution in [2.24, 2.45) is 0 Å². The molecule has 1 aromatic rings. The van der Waals surface area contributed by atoms with E-state index in [1.807, 2.05) is 11.8 Å². The number of thioether (sulfide) groups is 1. The quantitative estimate of drug-likeness (QED) is 0.669. The topological polar surface area (TPSA) is 57.9 Å². The molecular weight excluding hydrogens is 172 g/mol. The van der Waals surface area contributed by atoms with Crippen LogP contribution >= 0.6 is 11.8 Å². The Hall–Kier alpha value is -0.840. The number of H-pyrrole nitrogens is 1. The smallest absolute Gasteiger partial charge is 0.142 e. The average molecular weight is 184 g/mol. The van der Waals surface area contributed by atoms with Crippen LogP contribution in [0, 0.1) is 0 Å². The van der Waals surface area contributed by atoms with Gasteiger partial charge in [0.2, 0.25) is 0 Å². The van der Waals surface area contributed by atoms with E-state index in [1.54, 1.807) is 6.20 Å². The van der Waals surface area contributed by atoms with E-state index in [2.05, 4.69) is 15.1 Å². The molecule has 0 aliphatic carbocycles. The number of anilines is 2. The summed E-state index contributed by atoms with van der Waals surface area (Å²) in [6.07, 6.45) is 1.80. The lowest BCUT2D eigenvalue weighted by Gasteiger charge is -2.27. The molecule has 3 N–H and O–H groups in total. The van der Waals surface area contributed by atoms with Crippen molar-refractivity contribution in [1.29, 1.82) is 0 Å². The van der Waals surface area contributed by atoms with Crippen molar-refractivity contribution >= 4 is 23.3 Å². The predicted octanol–water partition coefficient (Wildman–Crippen LogP) is 0.545. The zero-order valence-corrected chi connectivity index (χ0v) is 7.60. The maximum absolute atomic E-state index is 5.70. The Kier molecular flexibility index (Phi) is 2.12. The highest BCUT2D eigenvalue weighted by Crippen LogP contribution is 2.22. The Labute approximate surface area is 75.5 Å². The summed E-state index contributed by atoms with van der Waals surface area (Å²) in [5.74, 6) is 3.05. The van der Waals surface area contributed by atoms with Crippen LogP contribution in [0.4, 0.5) is 11.5 Å². The minimum atomic E-state index is 0.682. The van der Waals surface area contributed by atoms with Crippen LogP contribution < -0.4 is 10.6 Å². The van der Waals surface area contributed by atoms with Gasteiger partial charge in [-0.25, -0.2) is 0 Å². The number of aromatic nitrogens is 2. The van der Waals surface area contributed by atoms with Gasteiger partial charge in [-0.15, -0.1) is 0 Å². The van der Waals surface area contributed by atoms with Gasteiger partial charge in [0.25, 0.3) is 0 Å². The lowest BCUT2D eigenvalue weighted by molar-refractivity contribution is 0.860. The summed E-state index contributed by atoms with van der Waals surface area (Å²) < 4.78 is 0. The van der Waals surface area contributed by atoms with Crippen LogP contribution in [0.25, 0.3) is 0 Å². The summed E-state index contributed by atoms with van der Waals surface area (Å²) in [4.78, 5) is 2.27. The molecule has 0 atom stereocenters. The SMILES string of the molecule is Nc1[nH]ncc1N1CCSCC1. The van der Waals surface area contributed by atoms with Crippen molar-refractivity contribution < 1.29 is 0 Å². The number of aromatic amines is 1. The van der Waals surface area contributed by atoms with Gasteiger partial charge < -0.3 is 10.6 Å². The van der Waals surface area contributed by atoms with Gasteiger partial charge in [0.05, 0.1) is 11.9 Å². The van der Waals surface area contributed by atoms with Gasteiger partial charge >= 0.3 is 0 Å². The third kappa shape index (κ3) is 1.36. The summed E-state index contributed by atoms with van der Waals surface area (Å²) in [6, 6.07) is 0.